The van der Waals surface area contributed by atoms with E-state index in [9.17, 15) is 9.59 Å². The molecule has 0 bridgehead atoms. The molecule has 2 aromatic heterocycles. The van der Waals surface area contributed by atoms with Gasteiger partial charge in [-0.3, -0.25) is 9.59 Å². The van der Waals surface area contributed by atoms with Crippen molar-refractivity contribution in [3.05, 3.63) is 108 Å². The highest BCUT2D eigenvalue weighted by Gasteiger charge is 2.13. The van der Waals surface area contributed by atoms with Crippen molar-refractivity contribution in [2.24, 2.45) is 0 Å². The van der Waals surface area contributed by atoms with Crippen molar-refractivity contribution in [2.75, 3.05) is 0 Å². The van der Waals surface area contributed by atoms with E-state index in [1.54, 1.807) is 13.8 Å². The number of hydrogen-bond donors (Lipinski definition) is 2. The van der Waals surface area contributed by atoms with Crippen LogP contribution in [0.4, 0.5) is 0 Å². The van der Waals surface area contributed by atoms with Crippen molar-refractivity contribution in [3.8, 4) is 44.8 Å². The second-order valence-electron chi connectivity index (χ2n) is 8.39. The summed E-state index contributed by atoms with van der Waals surface area (Å²) in [5.41, 5.74) is 9.28. The summed E-state index contributed by atoms with van der Waals surface area (Å²) in [5.74, 6) is 0.100. The largest absolute Gasteiger partial charge is 0.361 e. The van der Waals surface area contributed by atoms with Crippen LogP contribution >= 0.6 is 0 Å². The summed E-state index contributed by atoms with van der Waals surface area (Å²) in [5, 5.41) is 0. The van der Waals surface area contributed by atoms with Gasteiger partial charge in [-0.05, 0) is 54.3 Å². The van der Waals surface area contributed by atoms with Crippen molar-refractivity contribution in [2.45, 2.75) is 13.8 Å². The Kier molecular flexibility index (Phi) is 5.56. The van der Waals surface area contributed by atoms with Crippen LogP contribution < -0.4 is 0 Å². The maximum absolute atomic E-state index is 12.0. The number of benzene rings is 3. The van der Waals surface area contributed by atoms with Gasteiger partial charge in [0.05, 0.1) is 0 Å². The van der Waals surface area contributed by atoms with Crippen LogP contribution in [0.25, 0.3) is 44.8 Å². The molecule has 5 rings (SSSR count). The molecule has 0 atom stereocenters. The van der Waals surface area contributed by atoms with Crippen LogP contribution in [0.15, 0.2) is 97.3 Å². The van der Waals surface area contributed by atoms with Gasteiger partial charge in [0.25, 0.3) is 0 Å². The highest BCUT2D eigenvalue weighted by molar-refractivity contribution is 6.01. The van der Waals surface area contributed by atoms with Gasteiger partial charge >= 0.3 is 0 Å². The second-order valence-corrected chi connectivity index (χ2v) is 8.39. The van der Waals surface area contributed by atoms with Gasteiger partial charge in [-0.25, -0.2) is 0 Å². The molecule has 0 saturated heterocycles. The Hall–Kier alpha value is -4.44. The van der Waals surface area contributed by atoms with Crippen LogP contribution in [0, 0.1) is 0 Å². The molecule has 2 heterocycles. The fraction of sp³-hybridized carbons (Fsp3) is 0.0667. The molecule has 0 saturated carbocycles. The van der Waals surface area contributed by atoms with Crippen molar-refractivity contribution < 1.29 is 9.59 Å². The monoisotopic (exact) mass is 444 g/mol. The third-order valence-electron chi connectivity index (χ3n) is 6.09. The molecule has 3 aromatic carbocycles. The van der Waals surface area contributed by atoms with Gasteiger partial charge in [0, 0.05) is 46.0 Å². The summed E-state index contributed by atoms with van der Waals surface area (Å²) in [6, 6.07) is 27.7. The first kappa shape index (κ1) is 21.4. The first-order valence-corrected chi connectivity index (χ1v) is 11.2. The van der Waals surface area contributed by atoms with Gasteiger partial charge in [0.2, 0.25) is 0 Å². The van der Waals surface area contributed by atoms with E-state index >= 15 is 0 Å². The summed E-state index contributed by atoms with van der Waals surface area (Å²) < 4.78 is 0. The number of aromatic nitrogens is 2. The number of ketones is 2. The SMILES string of the molecule is CC(=O)c1ccccc1-c1c[nH]c(-c2cccc(-c3cc(-c4ccccc4C(C)=O)c[nH]3)c2)c1. The lowest BCUT2D eigenvalue weighted by molar-refractivity contribution is 0.101. The fourth-order valence-electron chi connectivity index (χ4n) is 4.37. The maximum Gasteiger partial charge on any atom is 0.160 e. The summed E-state index contributed by atoms with van der Waals surface area (Å²) in [6.45, 7) is 3.19. The van der Waals surface area contributed by atoms with Gasteiger partial charge in [-0.15, -0.1) is 0 Å². The summed E-state index contributed by atoms with van der Waals surface area (Å²) >= 11 is 0. The average molecular weight is 445 g/mol. The highest BCUT2D eigenvalue weighted by Crippen LogP contribution is 2.32. The zero-order chi connectivity index (χ0) is 23.7. The molecule has 4 nitrogen and oxygen atoms in total. The molecule has 0 fully saturated rings. The Morgan fingerprint density at radius 1 is 0.529 bits per heavy atom. The van der Waals surface area contributed by atoms with Crippen molar-refractivity contribution in [3.63, 3.8) is 0 Å². The van der Waals surface area contributed by atoms with Crippen molar-refractivity contribution in [1.82, 2.24) is 9.97 Å². The molecule has 0 spiro atoms. The van der Waals surface area contributed by atoms with E-state index in [2.05, 4.69) is 40.3 Å². The molecule has 34 heavy (non-hydrogen) atoms. The quantitative estimate of drug-likeness (QED) is 0.268. The Balaban J connectivity index is 1.48. The number of carbonyl (C=O) groups excluding carboxylic acids is 2. The van der Waals surface area contributed by atoms with Crippen LogP contribution in [-0.2, 0) is 0 Å². The van der Waals surface area contributed by atoms with E-state index in [0.717, 1.165) is 44.8 Å². The Bertz CT molecular complexity index is 1410. The molecular formula is C30H24N2O2. The fourth-order valence-corrected chi connectivity index (χ4v) is 4.37. The summed E-state index contributed by atoms with van der Waals surface area (Å²) in [6.07, 6.45) is 3.88. The van der Waals surface area contributed by atoms with Crippen LogP contribution in [0.1, 0.15) is 34.6 Å². The van der Waals surface area contributed by atoms with Gasteiger partial charge in [-0.2, -0.15) is 0 Å². The zero-order valence-corrected chi connectivity index (χ0v) is 19.1. The third-order valence-corrected chi connectivity index (χ3v) is 6.09. The minimum absolute atomic E-state index is 0.0502. The number of H-pyrrole nitrogens is 2. The molecule has 4 heteroatoms. The lowest BCUT2D eigenvalue weighted by atomic mass is 9.98. The molecule has 0 radical (unpaired) electrons. The number of carbonyl (C=O) groups is 2. The molecule has 0 unspecified atom stereocenters. The van der Waals surface area contributed by atoms with Gasteiger partial charge in [0.1, 0.15) is 0 Å². The number of hydrogen-bond acceptors (Lipinski definition) is 2. The minimum atomic E-state index is 0.0502. The zero-order valence-electron chi connectivity index (χ0n) is 19.1. The predicted molar refractivity (Wildman–Crippen MR) is 137 cm³/mol. The number of aromatic amines is 2. The standard InChI is InChI=1S/C30H24N2O2/c1-19(33)25-10-3-5-12-27(25)23-15-29(31-17-23)21-8-7-9-22(14-21)30-16-24(18-32-30)28-13-6-4-11-26(28)20(2)34/h3-18,31-32H,1-2H3. The van der Waals surface area contributed by atoms with Crippen molar-refractivity contribution >= 4 is 11.6 Å². The highest BCUT2D eigenvalue weighted by atomic mass is 16.1. The third kappa shape index (κ3) is 4.02. The first-order valence-electron chi connectivity index (χ1n) is 11.2. The summed E-state index contributed by atoms with van der Waals surface area (Å²) in [7, 11) is 0. The predicted octanol–water partition coefficient (Wildman–Crippen LogP) is 7.42. The topological polar surface area (TPSA) is 65.7 Å². The molecular weight excluding hydrogens is 420 g/mol. The number of nitrogens with one attached hydrogen (secondary N) is 2. The van der Waals surface area contributed by atoms with Crippen LogP contribution in [0.3, 0.4) is 0 Å². The van der Waals surface area contributed by atoms with E-state index in [-0.39, 0.29) is 11.6 Å². The molecule has 5 aromatic rings. The van der Waals surface area contributed by atoms with Gasteiger partial charge in [0.15, 0.2) is 11.6 Å². The first-order chi connectivity index (χ1) is 16.5. The van der Waals surface area contributed by atoms with E-state index < -0.39 is 0 Å². The summed E-state index contributed by atoms with van der Waals surface area (Å²) in [4.78, 5) is 30.8. The Morgan fingerprint density at radius 3 is 1.41 bits per heavy atom. The van der Waals surface area contributed by atoms with E-state index in [1.165, 1.54) is 0 Å². The average Bonchev–Trinajstić information content (AvgIpc) is 3.55. The van der Waals surface area contributed by atoms with E-state index in [4.69, 9.17) is 0 Å². The lowest BCUT2D eigenvalue weighted by Gasteiger charge is -2.05. The molecule has 0 aliphatic rings. The maximum atomic E-state index is 12.0. The van der Waals surface area contributed by atoms with E-state index in [0.29, 0.717) is 11.1 Å². The normalized spacial score (nSPS) is 10.9. The molecule has 0 aliphatic carbocycles. The molecule has 0 aliphatic heterocycles. The lowest BCUT2D eigenvalue weighted by Crippen LogP contribution is -1.94. The molecule has 2 N–H and O–H groups in total. The van der Waals surface area contributed by atoms with Gasteiger partial charge < -0.3 is 9.97 Å². The van der Waals surface area contributed by atoms with Crippen LogP contribution in [-0.4, -0.2) is 21.5 Å². The Labute approximate surface area is 198 Å². The van der Waals surface area contributed by atoms with Gasteiger partial charge in [-0.1, -0.05) is 66.7 Å². The minimum Gasteiger partial charge on any atom is -0.361 e. The number of Topliss-reactive ketones (excluding diaryl/α,β-unsaturated/α-hetero) is 2. The smallest absolute Gasteiger partial charge is 0.160 e. The number of rotatable bonds is 6. The van der Waals surface area contributed by atoms with Crippen molar-refractivity contribution in [1.29, 1.82) is 0 Å². The van der Waals surface area contributed by atoms with Crippen LogP contribution in [0.5, 0.6) is 0 Å². The molecule has 166 valence electrons. The Morgan fingerprint density at radius 2 is 0.971 bits per heavy atom. The van der Waals surface area contributed by atoms with E-state index in [1.807, 2.05) is 67.0 Å². The molecule has 0 amide bonds. The van der Waals surface area contributed by atoms with Crippen LogP contribution in [0.2, 0.25) is 0 Å². The second kappa shape index (κ2) is 8.83.